The number of aliphatic carboxylic acids is 1. The maximum absolute atomic E-state index is 13.7. The predicted molar refractivity (Wildman–Crippen MR) is 136 cm³/mol. The predicted octanol–water partition coefficient (Wildman–Crippen LogP) is 4.43. The summed E-state index contributed by atoms with van der Waals surface area (Å²) in [6.07, 6.45) is 14.1. The van der Waals surface area contributed by atoms with Crippen LogP contribution in [-0.2, 0) is 4.79 Å². The lowest BCUT2D eigenvalue weighted by atomic mass is 9.76. The molecule has 186 valence electrons. The molecule has 0 amide bonds. The van der Waals surface area contributed by atoms with Gasteiger partial charge in [-0.3, -0.25) is 14.7 Å². The molecule has 1 aromatic heterocycles. The maximum Gasteiger partial charge on any atom is 0.356 e. The molecular weight excluding hydrogens is 440 g/mol. The Bertz CT molecular complexity index is 1190. The van der Waals surface area contributed by atoms with E-state index in [1.165, 1.54) is 64.8 Å². The van der Waals surface area contributed by atoms with Crippen molar-refractivity contribution in [2.75, 3.05) is 7.05 Å². The van der Waals surface area contributed by atoms with E-state index >= 15 is 0 Å². The SMILES string of the molecule is CN=C(C(=O)O)c1nc2ccccc2n(C2CC3CCC(C2)N3C2CC3CCCCC(C3)C2)c1=O. The first-order valence-electron chi connectivity index (χ1n) is 13.5. The molecule has 4 fully saturated rings. The van der Waals surface area contributed by atoms with Crippen molar-refractivity contribution in [3.05, 3.63) is 40.3 Å². The fraction of sp³-hybridized carbons (Fsp3) is 0.643. The van der Waals surface area contributed by atoms with Gasteiger partial charge in [0.15, 0.2) is 11.4 Å². The Labute approximate surface area is 206 Å². The van der Waals surface area contributed by atoms with Crippen molar-refractivity contribution in [2.45, 2.75) is 94.8 Å². The van der Waals surface area contributed by atoms with Crippen LogP contribution >= 0.6 is 0 Å². The Morgan fingerprint density at radius 2 is 1.57 bits per heavy atom. The van der Waals surface area contributed by atoms with Gasteiger partial charge in [-0.1, -0.05) is 37.8 Å². The molecule has 1 N–H and O–H groups in total. The summed E-state index contributed by atoms with van der Waals surface area (Å²) < 4.78 is 1.86. The van der Waals surface area contributed by atoms with Crippen LogP contribution in [0, 0.1) is 11.8 Å². The second kappa shape index (κ2) is 9.16. The van der Waals surface area contributed by atoms with E-state index in [1.54, 1.807) is 0 Å². The molecule has 3 heterocycles. The summed E-state index contributed by atoms with van der Waals surface area (Å²) in [5.41, 5.74) is 0.803. The van der Waals surface area contributed by atoms with Crippen LogP contribution in [-0.4, -0.2) is 56.4 Å². The summed E-state index contributed by atoms with van der Waals surface area (Å²) in [5, 5.41) is 9.66. The maximum atomic E-state index is 13.7. The molecule has 2 saturated carbocycles. The van der Waals surface area contributed by atoms with E-state index in [2.05, 4.69) is 14.9 Å². The number of hydrogen-bond donors (Lipinski definition) is 1. The van der Waals surface area contributed by atoms with Crippen molar-refractivity contribution in [1.82, 2.24) is 14.5 Å². The van der Waals surface area contributed by atoms with Crippen molar-refractivity contribution in [2.24, 2.45) is 16.8 Å². The molecule has 0 spiro atoms. The summed E-state index contributed by atoms with van der Waals surface area (Å²) in [6, 6.07) is 9.37. The van der Waals surface area contributed by atoms with Gasteiger partial charge in [0, 0.05) is 31.2 Å². The first kappa shape index (κ1) is 22.9. The van der Waals surface area contributed by atoms with Gasteiger partial charge in [0.25, 0.3) is 5.56 Å². The number of rotatable bonds is 4. The van der Waals surface area contributed by atoms with Crippen molar-refractivity contribution in [3.63, 3.8) is 0 Å². The number of aliphatic imine (C=N–C) groups is 1. The van der Waals surface area contributed by atoms with Crippen LogP contribution in [0.25, 0.3) is 11.0 Å². The highest BCUT2D eigenvalue weighted by Gasteiger charge is 2.47. The van der Waals surface area contributed by atoms with Gasteiger partial charge in [0.1, 0.15) is 0 Å². The smallest absolute Gasteiger partial charge is 0.356 e. The molecule has 4 bridgehead atoms. The van der Waals surface area contributed by atoms with Gasteiger partial charge in [-0.2, -0.15) is 0 Å². The number of carboxylic acids is 1. The molecule has 0 radical (unpaired) electrons. The molecule has 4 atom stereocenters. The molecule has 1 aromatic carbocycles. The highest BCUT2D eigenvalue weighted by molar-refractivity contribution is 6.42. The number of para-hydroxylation sites is 2. The quantitative estimate of drug-likeness (QED) is 0.660. The third kappa shape index (κ3) is 4.02. The van der Waals surface area contributed by atoms with E-state index in [0.29, 0.717) is 23.6 Å². The van der Waals surface area contributed by atoms with Gasteiger partial charge < -0.3 is 9.67 Å². The third-order valence-electron chi connectivity index (χ3n) is 9.35. The molecule has 2 aliphatic carbocycles. The van der Waals surface area contributed by atoms with Crippen LogP contribution in [0.3, 0.4) is 0 Å². The average molecular weight is 477 g/mol. The number of benzene rings is 1. The van der Waals surface area contributed by atoms with Crippen molar-refractivity contribution >= 4 is 22.7 Å². The number of nitrogens with zero attached hydrogens (tertiary/aromatic N) is 4. The van der Waals surface area contributed by atoms with Crippen LogP contribution in [0.1, 0.15) is 82.4 Å². The van der Waals surface area contributed by atoms with E-state index in [1.807, 2.05) is 28.8 Å². The van der Waals surface area contributed by atoms with Gasteiger partial charge in [-0.25, -0.2) is 9.78 Å². The van der Waals surface area contributed by atoms with Gasteiger partial charge >= 0.3 is 5.97 Å². The van der Waals surface area contributed by atoms with Gasteiger partial charge in [-0.05, 0) is 68.9 Å². The van der Waals surface area contributed by atoms with Crippen molar-refractivity contribution < 1.29 is 9.90 Å². The minimum absolute atomic E-state index is 0.0511. The first-order valence-corrected chi connectivity index (χ1v) is 13.5. The highest BCUT2D eigenvalue weighted by Crippen LogP contribution is 2.47. The Kier molecular flexibility index (Phi) is 5.99. The number of carbonyl (C=O) groups is 1. The zero-order chi connectivity index (χ0) is 24.1. The Morgan fingerprint density at radius 3 is 2.20 bits per heavy atom. The van der Waals surface area contributed by atoms with Gasteiger partial charge in [-0.15, -0.1) is 0 Å². The van der Waals surface area contributed by atoms with Gasteiger partial charge in [0.05, 0.1) is 11.0 Å². The van der Waals surface area contributed by atoms with Crippen LogP contribution in [0.2, 0.25) is 0 Å². The average Bonchev–Trinajstić information content (AvgIpc) is 3.00. The van der Waals surface area contributed by atoms with Gasteiger partial charge in [0.2, 0.25) is 0 Å². The Hall–Kier alpha value is -2.54. The van der Waals surface area contributed by atoms with Crippen LogP contribution < -0.4 is 5.56 Å². The zero-order valence-corrected chi connectivity index (χ0v) is 20.6. The van der Waals surface area contributed by atoms with E-state index in [0.717, 1.165) is 30.2 Å². The topological polar surface area (TPSA) is 87.8 Å². The molecular formula is C28H36N4O3. The number of fused-ring (bicyclic) bond motifs is 5. The number of carboxylic acid groups (broad SMARTS) is 1. The first-order chi connectivity index (χ1) is 17.0. The summed E-state index contributed by atoms with van der Waals surface area (Å²) in [5.74, 6) is 0.582. The fourth-order valence-corrected chi connectivity index (χ4v) is 8.08. The van der Waals surface area contributed by atoms with Crippen LogP contribution in [0.15, 0.2) is 34.1 Å². The van der Waals surface area contributed by atoms with E-state index in [-0.39, 0.29) is 23.0 Å². The second-order valence-corrected chi connectivity index (χ2v) is 11.3. The van der Waals surface area contributed by atoms with Crippen LogP contribution in [0.4, 0.5) is 0 Å². The fourth-order valence-electron chi connectivity index (χ4n) is 8.08. The summed E-state index contributed by atoms with van der Waals surface area (Å²) in [4.78, 5) is 36.8. The number of hydrogen-bond acceptors (Lipinski definition) is 5. The Morgan fingerprint density at radius 1 is 0.914 bits per heavy atom. The lowest BCUT2D eigenvalue weighted by molar-refractivity contribution is -0.129. The summed E-state index contributed by atoms with van der Waals surface area (Å²) >= 11 is 0. The van der Waals surface area contributed by atoms with E-state index in [4.69, 9.17) is 0 Å². The number of piperidine rings is 1. The summed E-state index contributed by atoms with van der Waals surface area (Å²) in [6.45, 7) is 0. The molecule has 4 unspecified atom stereocenters. The standard InChI is InChI=1S/C28H36N4O3/c1-29-26(28(34)35)25-27(33)32(24-9-5-4-8-23(24)30-25)22-15-19-10-11-20(16-22)31(19)21-13-17-6-2-3-7-18(12-17)14-21/h4-5,8-9,17-22H,2-3,6-7,10-16H2,1H3,(H,34,35). The molecule has 4 aliphatic rings. The van der Waals surface area contributed by atoms with Crippen molar-refractivity contribution in [1.29, 1.82) is 0 Å². The third-order valence-corrected chi connectivity index (χ3v) is 9.35. The lowest BCUT2D eigenvalue weighted by Crippen LogP contribution is -2.52. The molecule has 6 rings (SSSR count). The zero-order valence-electron chi connectivity index (χ0n) is 20.6. The summed E-state index contributed by atoms with van der Waals surface area (Å²) in [7, 11) is 1.41. The molecule has 2 aliphatic heterocycles. The largest absolute Gasteiger partial charge is 0.476 e. The molecule has 7 nitrogen and oxygen atoms in total. The minimum atomic E-state index is -1.22. The molecule has 2 aromatic rings. The highest BCUT2D eigenvalue weighted by atomic mass is 16.4. The minimum Gasteiger partial charge on any atom is -0.476 e. The number of aromatic nitrogens is 2. The van der Waals surface area contributed by atoms with Crippen molar-refractivity contribution in [3.8, 4) is 0 Å². The monoisotopic (exact) mass is 476 g/mol. The molecule has 35 heavy (non-hydrogen) atoms. The second-order valence-electron chi connectivity index (χ2n) is 11.3. The normalized spacial score (nSPS) is 33.6. The Balaban J connectivity index is 1.34. The van der Waals surface area contributed by atoms with E-state index < -0.39 is 5.97 Å². The molecule has 2 saturated heterocycles. The van der Waals surface area contributed by atoms with E-state index in [9.17, 15) is 14.7 Å². The van der Waals surface area contributed by atoms with Crippen LogP contribution in [0.5, 0.6) is 0 Å². The lowest BCUT2D eigenvalue weighted by Gasteiger charge is -2.48. The molecule has 7 heteroatoms.